The highest BCUT2D eigenvalue weighted by atomic mass is 19.4. The van der Waals surface area contributed by atoms with Crippen LogP contribution < -0.4 is 10.1 Å². The first-order valence-electron chi connectivity index (χ1n) is 12.7. The second-order valence-electron chi connectivity index (χ2n) is 9.85. The summed E-state index contributed by atoms with van der Waals surface area (Å²) in [4.78, 5) is 34.7. The van der Waals surface area contributed by atoms with Crippen LogP contribution in [-0.4, -0.2) is 49.6 Å². The number of aliphatic carboxylic acids is 1. The van der Waals surface area contributed by atoms with E-state index in [1.807, 2.05) is 4.90 Å². The third-order valence-electron chi connectivity index (χ3n) is 6.85. The molecule has 0 bridgehead atoms. The van der Waals surface area contributed by atoms with Crippen LogP contribution in [0.5, 0.6) is 11.6 Å². The minimum atomic E-state index is -4.91. The van der Waals surface area contributed by atoms with Crippen molar-refractivity contribution in [2.75, 3.05) is 18.4 Å². The monoisotopic (exact) mass is 571 g/mol. The molecule has 0 aliphatic carbocycles. The minimum Gasteiger partial charge on any atom is -0.481 e. The number of carbonyl (C=O) groups excluding carboxylic acids is 1. The summed E-state index contributed by atoms with van der Waals surface area (Å²) < 4.78 is 60.7. The van der Waals surface area contributed by atoms with E-state index in [9.17, 15) is 32.3 Å². The Morgan fingerprint density at radius 1 is 1.15 bits per heavy atom. The average molecular weight is 572 g/mol. The van der Waals surface area contributed by atoms with Crippen molar-refractivity contribution >= 4 is 28.6 Å². The van der Waals surface area contributed by atoms with E-state index in [4.69, 9.17) is 4.74 Å². The first-order chi connectivity index (χ1) is 19.5. The summed E-state index contributed by atoms with van der Waals surface area (Å²) in [5.74, 6) is -1.88. The number of nitrogens with one attached hydrogen (secondary N) is 1. The fraction of sp³-hybridized carbons (Fsp3) is 0.286. The zero-order valence-electron chi connectivity index (χ0n) is 21.8. The van der Waals surface area contributed by atoms with Crippen molar-refractivity contribution in [3.8, 4) is 11.6 Å². The Morgan fingerprint density at radius 3 is 2.71 bits per heavy atom. The fourth-order valence-corrected chi connectivity index (χ4v) is 4.86. The molecule has 2 N–H and O–H groups in total. The number of ether oxygens (including phenoxy) is 1. The first-order valence-corrected chi connectivity index (χ1v) is 12.7. The zero-order valence-corrected chi connectivity index (χ0v) is 21.8. The normalized spacial score (nSPS) is 16.1. The second-order valence-corrected chi connectivity index (χ2v) is 9.85. The molecule has 214 valence electrons. The number of halogens is 4. The number of likely N-dealkylation sites (tertiary alicyclic amines) is 1. The van der Waals surface area contributed by atoms with Crippen LogP contribution in [0.15, 0.2) is 55.0 Å². The van der Waals surface area contributed by atoms with Crippen LogP contribution in [0.2, 0.25) is 0 Å². The Bertz CT molecular complexity index is 1620. The van der Waals surface area contributed by atoms with Crippen molar-refractivity contribution in [3.05, 3.63) is 77.6 Å². The third kappa shape index (κ3) is 6.30. The SMILES string of the molecule is Cc1cc(NC(=O)n2ccc3cc(Oc4cc(CN5CCCC(C(=O)O)C5)ncn4)ccc32)cc(C(F)(F)F)c1F. The first kappa shape index (κ1) is 28.0. The molecule has 1 saturated heterocycles. The van der Waals surface area contributed by atoms with E-state index in [-0.39, 0.29) is 17.1 Å². The van der Waals surface area contributed by atoms with Crippen molar-refractivity contribution in [1.29, 1.82) is 0 Å². The molecular formula is C28H25F4N5O4. The lowest BCUT2D eigenvalue weighted by Gasteiger charge is -2.30. The van der Waals surface area contributed by atoms with Crippen LogP contribution in [0.4, 0.5) is 28.0 Å². The lowest BCUT2D eigenvalue weighted by molar-refractivity contribution is -0.143. The third-order valence-corrected chi connectivity index (χ3v) is 6.85. The summed E-state index contributed by atoms with van der Waals surface area (Å²) in [5.41, 5.74) is -0.755. The number of carboxylic acids is 1. The highest BCUT2D eigenvalue weighted by Gasteiger charge is 2.35. The van der Waals surface area contributed by atoms with Crippen molar-refractivity contribution in [3.63, 3.8) is 0 Å². The number of benzene rings is 2. The van der Waals surface area contributed by atoms with Gasteiger partial charge in [-0.15, -0.1) is 0 Å². The van der Waals surface area contributed by atoms with Crippen LogP contribution in [0, 0.1) is 18.7 Å². The zero-order chi connectivity index (χ0) is 29.3. The molecule has 1 aliphatic rings. The second kappa shape index (κ2) is 11.2. The highest BCUT2D eigenvalue weighted by molar-refractivity contribution is 5.98. The Kier molecular flexibility index (Phi) is 7.63. The van der Waals surface area contributed by atoms with Gasteiger partial charge in [-0.05, 0) is 68.3 Å². The van der Waals surface area contributed by atoms with Crippen molar-refractivity contribution in [1.82, 2.24) is 19.4 Å². The van der Waals surface area contributed by atoms with Crippen LogP contribution >= 0.6 is 0 Å². The number of hydrogen-bond acceptors (Lipinski definition) is 6. The van der Waals surface area contributed by atoms with E-state index in [0.717, 1.165) is 19.0 Å². The van der Waals surface area contributed by atoms with Crippen molar-refractivity contribution < 1.29 is 37.0 Å². The number of nitrogens with zero attached hydrogens (tertiary/aromatic N) is 4. The summed E-state index contributed by atoms with van der Waals surface area (Å²) in [6.07, 6.45) is -0.643. The van der Waals surface area contributed by atoms with Gasteiger partial charge in [0.15, 0.2) is 0 Å². The highest BCUT2D eigenvalue weighted by Crippen LogP contribution is 2.35. The lowest BCUT2D eigenvalue weighted by atomic mass is 9.98. The number of aromatic nitrogens is 3. The summed E-state index contributed by atoms with van der Waals surface area (Å²) in [6.45, 7) is 2.87. The van der Waals surface area contributed by atoms with Gasteiger partial charge in [0.1, 0.15) is 17.9 Å². The number of anilines is 1. The molecule has 1 amide bonds. The number of carboxylic acid groups (broad SMARTS) is 1. The predicted molar refractivity (Wildman–Crippen MR) is 140 cm³/mol. The van der Waals surface area contributed by atoms with E-state index >= 15 is 0 Å². The number of carbonyl (C=O) groups is 2. The van der Waals surface area contributed by atoms with Gasteiger partial charge in [0, 0.05) is 36.4 Å². The quantitative estimate of drug-likeness (QED) is 0.271. The van der Waals surface area contributed by atoms with Crippen molar-refractivity contribution in [2.24, 2.45) is 5.92 Å². The standard InChI is InChI=1S/C28H25F4N5O4/c1-16-9-19(11-22(25(16)29)28(30,31)32)35-27(40)37-8-6-17-10-21(4-5-23(17)37)41-24-12-20(33-15-34-24)14-36-7-2-3-18(13-36)26(38)39/h4-6,8-12,15,18H,2-3,7,13-14H2,1H3,(H,35,40)(H,38,39). The van der Waals surface area contributed by atoms with E-state index < -0.39 is 35.5 Å². The molecule has 2 aromatic heterocycles. The Balaban J connectivity index is 1.29. The van der Waals surface area contributed by atoms with Crippen LogP contribution in [0.1, 0.15) is 29.7 Å². The lowest BCUT2D eigenvalue weighted by Crippen LogP contribution is -2.38. The van der Waals surface area contributed by atoms with Gasteiger partial charge in [-0.25, -0.2) is 19.2 Å². The Labute approximate surface area is 231 Å². The maximum atomic E-state index is 14.0. The van der Waals surface area contributed by atoms with Gasteiger partial charge < -0.3 is 15.2 Å². The summed E-state index contributed by atoms with van der Waals surface area (Å²) in [6, 6.07) is 9.17. The molecular weight excluding hydrogens is 546 g/mol. The molecule has 1 atom stereocenters. The number of hydrogen-bond donors (Lipinski definition) is 2. The van der Waals surface area contributed by atoms with Crippen molar-refractivity contribution in [2.45, 2.75) is 32.5 Å². The summed E-state index contributed by atoms with van der Waals surface area (Å²) >= 11 is 0. The van der Waals surface area contributed by atoms with Gasteiger partial charge in [-0.2, -0.15) is 13.2 Å². The average Bonchev–Trinajstić information content (AvgIpc) is 3.34. The fourth-order valence-electron chi connectivity index (χ4n) is 4.86. The van der Waals surface area contributed by atoms with E-state index in [0.29, 0.717) is 47.9 Å². The Hall–Kier alpha value is -4.52. The summed E-state index contributed by atoms with van der Waals surface area (Å²) in [5, 5.41) is 12.3. The molecule has 1 unspecified atom stereocenters. The van der Waals surface area contributed by atoms with Crippen LogP contribution in [0.25, 0.3) is 10.9 Å². The molecule has 0 radical (unpaired) electrons. The van der Waals surface area contributed by atoms with Gasteiger partial charge in [-0.3, -0.25) is 14.3 Å². The largest absolute Gasteiger partial charge is 0.481 e. The molecule has 2 aromatic carbocycles. The van der Waals surface area contributed by atoms with Gasteiger partial charge in [0.25, 0.3) is 0 Å². The van der Waals surface area contributed by atoms with E-state index in [1.54, 1.807) is 30.3 Å². The minimum absolute atomic E-state index is 0.189. The number of fused-ring (bicyclic) bond motifs is 1. The van der Waals surface area contributed by atoms with E-state index in [2.05, 4.69) is 15.3 Å². The Morgan fingerprint density at radius 2 is 1.95 bits per heavy atom. The smallest absolute Gasteiger partial charge is 0.419 e. The molecule has 1 aliphatic heterocycles. The molecule has 3 heterocycles. The van der Waals surface area contributed by atoms with E-state index in [1.165, 1.54) is 24.0 Å². The maximum absolute atomic E-state index is 14.0. The number of amides is 1. The molecule has 0 spiro atoms. The maximum Gasteiger partial charge on any atom is 0.419 e. The number of rotatable bonds is 6. The molecule has 4 aromatic rings. The van der Waals surface area contributed by atoms with Gasteiger partial charge in [-0.1, -0.05) is 0 Å². The van der Waals surface area contributed by atoms with Gasteiger partial charge in [0.05, 0.1) is 22.7 Å². The topological polar surface area (TPSA) is 110 Å². The predicted octanol–water partition coefficient (Wildman–Crippen LogP) is 6.07. The number of piperidine rings is 1. The molecule has 5 rings (SSSR count). The molecule has 9 nitrogen and oxygen atoms in total. The molecule has 13 heteroatoms. The number of alkyl halides is 3. The molecule has 41 heavy (non-hydrogen) atoms. The number of aryl methyl sites for hydroxylation is 1. The van der Waals surface area contributed by atoms with Crippen LogP contribution in [-0.2, 0) is 17.5 Å². The van der Waals surface area contributed by atoms with Gasteiger partial charge in [0.2, 0.25) is 5.88 Å². The summed E-state index contributed by atoms with van der Waals surface area (Å²) in [7, 11) is 0. The van der Waals surface area contributed by atoms with Gasteiger partial charge >= 0.3 is 18.2 Å². The molecule has 0 saturated carbocycles. The van der Waals surface area contributed by atoms with Crippen LogP contribution in [0.3, 0.4) is 0 Å². The molecule has 1 fully saturated rings.